The van der Waals surface area contributed by atoms with E-state index in [1.807, 2.05) is 7.05 Å². The van der Waals surface area contributed by atoms with Gasteiger partial charge < -0.3 is 11.1 Å². The number of nitrogens with zero attached hydrogens (tertiary/aromatic N) is 2. The van der Waals surface area contributed by atoms with Crippen molar-refractivity contribution >= 4 is 11.6 Å². The zero-order valence-corrected chi connectivity index (χ0v) is 7.66. The van der Waals surface area contributed by atoms with Crippen molar-refractivity contribution in [2.75, 3.05) is 19.3 Å². The van der Waals surface area contributed by atoms with Crippen LogP contribution < -0.4 is 11.1 Å². The zero-order valence-electron chi connectivity index (χ0n) is 7.66. The first-order chi connectivity index (χ1) is 6.24. The second-order valence-corrected chi connectivity index (χ2v) is 2.82. The highest BCUT2D eigenvalue weighted by molar-refractivity contribution is 5.78. The Morgan fingerprint density at radius 1 is 1.77 bits per heavy atom. The number of hydrogen-bond donors (Lipinski definition) is 2. The fraction of sp³-hybridized carbons (Fsp3) is 0.500. The average Bonchev–Trinajstić information content (AvgIpc) is 2.52. The summed E-state index contributed by atoms with van der Waals surface area (Å²) in [5, 5.41) is 6.79. The third-order valence-corrected chi connectivity index (χ3v) is 1.68. The van der Waals surface area contributed by atoms with Gasteiger partial charge in [-0.15, -0.1) is 0 Å². The number of aromatic nitrogens is 2. The molecule has 0 spiro atoms. The summed E-state index contributed by atoms with van der Waals surface area (Å²) in [4.78, 5) is 11.3. The predicted octanol–water partition coefficient (Wildman–Crippen LogP) is 0.105. The van der Waals surface area contributed by atoms with Crippen LogP contribution in [0.5, 0.6) is 0 Å². The van der Waals surface area contributed by atoms with Crippen molar-refractivity contribution in [2.24, 2.45) is 0 Å². The number of nitrogens with two attached hydrogens (primary N) is 1. The van der Waals surface area contributed by atoms with Gasteiger partial charge in [-0.05, 0) is 20.0 Å². The number of carbonyl (C=O) groups is 1. The molecule has 0 saturated carbocycles. The zero-order chi connectivity index (χ0) is 9.68. The van der Waals surface area contributed by atoms with Gasteiger partial charge in [0.25, 0.3) is 0 Å². The Hall–Kier alpha value is -1.36. The average molecular weight is 182 g/mol. The molecule has 0 amide bonds. The Balaban J connectivity index is 2.40. The van der Waals surface area contributed by atoms with E-state index in [9.17, 15) is 4.79 Å². The lowest BCUT2D eigenvalue weighted by Crippen LogP contribution is -2.14. The second kappa shape index (κ2) is 4.61. The molecule has 0 fully saturated rings. The molecule has 0 aliphatic heterocycles. The molecule has 5 heteroatoms. The van der Waals surface area contributed by atoms with E-state index in [0.29, 0.717) is 12.1 Å². The maximum Gasteiger partial charge on any atom is 0.246 e. The van der Waals surface area contributed by atoms with Gasteiger partial charge in [-0.25, -0.2) is 4.68 Å². The monoisotopic (exact) mass is 182 g/mol. The van der Waals surface area contributed by atoms with Crippen LogP contribution in [0.2, 0.25) is 0 Å². The molecule has 0 unspecified atom stereocenters. The molecule has 1 heterocycles. The molecule has 0 radical (unpaired) electrons. The fourth-order valence-electron chi connectivity index (χ4n) is 1.00. The highest BCUT2D eigenvalue weighted by atomic mass is 16.2. The van der Waals surface area contributed by atoms with Crippen LogP contribution in [0, 0.1) is 0 Å². The molecular formula is C8H14N4O. The quantitative estimate of drug-likeness (QED) is 0.648. The van der Waals surface area contributed by atoms with Crippen LogP contribution in [0.15, 0.2) is 12.4 Å². The Bertz CT molecular complexity index is 281. The Morgan fingerprint density at radius 2 is 2.54 bits per heavy atom. The molecular weight excluding hydrogens is 168 g/mol. The third-order valence-electron chi connectivity index (χ3n) is 1.68. The summed E-state index contributed by atoms with van der Waals surface area (Å²) in [6.45, 7) is 0.836. The van der Waals surface area contributed by atoms with Gasteiger partial charge in [0.2, 0.25) is 5.91 Å². The molecule has 0 atom stereocenters. The third kappa shape index (κ3) is 2.87. The van der Waals surface area contributed by atoms with Gasteiger partial charge in [-0.1, -0.05) is 0 Å². The van der Waals surface area contributed by atoms with Crippen molar-refractivity contribution in [3.05, 3.63) is 12.4 Å². The molecule has 13 heavy (non-hydrogen) atoms. The van der Waals surface area contributed by atoms with Gasteiger partial charge in [-0.3, -0.25) is 4.79 Å². The lowest BCUT2D eigenvalue weighted by Gasteiger charge is -1.99. The van der Waals surface area contributed by atoms with E-state index in [2.05, 4.69) is 10.4 Å². The van der Waals surface area contributed by atoms with Crippen molar-refractivity contribution < 1.29 is 4.79 Å². The first kappa shape index (κ1) is 9.73. The first-order valence-corrected chi connectivity index (χ1v) is 4.22. The van der Waals surface area contributed by atoms with Crippen molar-refractivity contribution in [3.8, 4) is 0 Å². The summed E-state index contributed by atoms with van der Waals surface area (Å²) in [6.07, 6.45) is 4.30. The minimum absolute atomic E-state index is 0.0213. The SMILES string of the molecule is CNCCCC(=O)n1cc(N)cn1. The molecule has 0 aliphatic carbocycles. The highest BCUT2D eigenvalue weighted by Gasteiger charge is 2.04. The summed E-state index contributed by atoms with van der Waals surface area (Å²) in [5.41, 5.74) is 5.94. The summed E-state index contributed by atoms with van der Waals surface area (Å²) in [5.74, 6) is -0.0213. The van der Waals surface area contributed by atoms with Crippen molar-refractivity contribution in [1.82, 2.24) is 15.1 Å². The fourth-order valence-corrected chi connectivity index (χ4v) is 1.00. The topological polar surface area (TPSA) is 72.9 Å². The van der Waals surface area contributed by atoms with Crippen LogP contribution in [-0.2, 0) is 0 Å². The van der Waals surface area contributed by atoms with E-state index in [1.54, 1.807) is 0 Å². The van der Waals surface area contributed by atoms with Gasteiger partial charge >= 0.3 is 0 Å². The number of carbonyl (C=O) groups excluding carboxylic acids is 1. The van der Waals surface area contributed by atoms with E-state index in [1.165, 1.54) is 17.1 Å². The number of rotatable bonds is 4. The maximum absolute atomic E-state index is 11.3. The summed E-state index contributed by atoms with van der Waals surface area (Å²) < 4.78 is 1.28. The van der Waals surface area contributed by atoms with Crippen LogP contribution in [0.1, 0.15) is 17.6 Å². The lowest BCUT2D eigenvalue weighted by molar-refractivity contribution is 0.0884. The summed E-state index contributed by atoms with van der Waals surface area (Å²) >= 11 is 0. The van der Waals surface area contributed by atoms with Crippen LogP contribution in [0.4, 0.5) is 5.69 Å². The number of anilines is 1. The van der Waals surface area contributed by atoms with Gasteiger partial charge in [0.15, 0.2) is 0 Å². The smallest absolute Gasteiger partial charge is 0.246 e. The van der Waals surface area contributed by atoms with Gasteiger partial charge in [0.05, 0.1) is 18.1 Å². The molecule has 0 saturated heterocycles. The molecule has 1 aromatic heterocycles. The summed E-state index contributed by atoms with van der Waals surface area (Å²) in [6, 6.07) is 0. The minimum atomic E-state index is -0.0213. The molecule has 3 N–H and O–H groups in total. The molecule has 72 valence electrons. The molecule has 0 bridgehead atoms. The maximum atomic E-state index is 11.3. The molecule has 5 nitrogen and oxygen atoms in total. The van der Waals surface area contributed by atoms with Gasteiger partial charge in [-0.2, -0.15) is 5.10 Å². The number of nitrogen functional groups attached to an aromatic ring is 1. The first-order valence-electron chi connectivity index (χ1n) is 4.22. The highest BCUT2D eigenvalue weighted by Crippen LogP contribution is 2.00. The van der Waals surface area contributed by atoms with Crippen LogP contribution in [-0.4, -0.2) is 29.3 Å². The van der Waals surface area contributed by atoms with E-state index < -0.39 is 0 Å². The van der Waals surface area contributed by atoms with Gasteiger partial charge in [0.1, 0.15) is 0 Å². The van der Waals surface area contributed by atoms with Crippen molar-refractivity contribution in [2.45, 2.75) is 12.8 Å². The van der Waals surface area contributed by atoms with Crippen LogP contribution in [0.3, 0.4) is 0 Å². The number of nitrogens with one attached hydrogen (secondary N) is 1. The van der Waals surface area contributed by atoms with Crippen LogP contribution in [0.25, 0.3) is 0 Å². The second-order valence-electron chi connectivity index (χ2n) is 2.82. The molecule has 0 aromatic carbocycles. The van der Waals surface area contributed by atoms with Gasteiger partial charge in [0, 0.05) is 6.42 Å². The molecule has 1 rings (SSSR count). The van der Waals surface area contributed by atoms with E-state index in [0.717, 1.165) is 13.0 Å². The minimum Gasteiger partial charge on any atom is -0.396 e. The standard InChI is InChI=1S/C8H14N4O/c1-10-4-2-3-8(13)12-6-7(9)5-11-12/h5-6,10H,2-4,9H2,1H3. The number of hydrogen-bond acceptors (Lipinski definition) is 4. The van der Waals surface area contributed by atoms with E-state index in [4.69, 9.17) is 5.73 Å². The van der Waals surface area contributed by atoms with Crippen LogP contribution >= 0.6 is 0 Å². The molecule has 1 aromatic rings. The summed E-state index contributed by atoms with van der Waals surface area (Å²) in [7, 11) is 1.86. The van der Waals surface area contributed by atoms with E-state index >= 15 is 0 Å². The Morgan fingerprint density at radius 3 is 3.08 bits per heavy atom. The van der Waals surface area contributed by atoms with E-state index in [-0.39, 0.29) is 5.91 Å². The van der Waals surface area contributed by atoms with Crippen molar-refractivity contribution in [1.29, 1.82) is 0 Å². The largest absolute Gasteiger partial charge is 0.396 e. The Kier molecular flexibility index (Phi) is 3.45. The molecule has 0 aliphatic rings. The lowest BCUT2D eigenvalue weighted by atomic mass is 10.3. The predicted molar refractivity (Wildman–Crippen MR) is 50.4 cm³/mol. The Labute approximate surface area is 76.9 Å². The van der Waals surface area contributed by atoms with Crippen molar-refractivity contribution in [3.63, 3.8) is 0 Å². The normalized spacial score (nSPS) is 10.2.